The fourth-order valence-electron chi connectivity index (χ4n) is 1.25. The van der Waals surface area contributed by atoms with Crippen LogP contribution in [0.3, 0.4) is 0 Å². The van der Waals surface area contributed by atoms with Crippen molar-refractivity contribution in [1.82, 2.24) is 0 Å². The predicted octanol–water partition coefficient (Wildman–Crippen LogP) is 3.89. The van der Waals surface area contributed by atoms with Gasteiger partial charge in [0.2, 0.25) is 6.43 Å². The third-order valence-corrected chi connectivity index (χ3v) is 3.49. The van der Waals surface area contributed by atoms with Gasteiger partial charge in [-0.25, -0.2) is 8.78 Å². The molecule has 0 spiro atoms. The topological polar surface area (TPSA) is 26.3 Å². The first kappa shape index (κ1) is 16.7. The molecule has 2 nitrogen and oxygen atoms in total. The van der Waals surface area contributed by atoms with Gasteiger partial charge in [0.15, 0.2) is 0 Å². The van der Waals surface area contributed by atoms with Gasteiger partial charge in [-0.15, -0.1) is 11.8 Å². The van der Waals surface area contributed by atoms with Gasteiger partial charge < -0.3 is 4.74 Å². The van der Waals surface area contributed by atoms with E-state index in [1.807, 2.05) is 13.8 Å². The zero-order chi connectivity index (χ0) is 13.1. The molecule has 5 heteroatoms. The molecule has 0 N–H and O–H groups in total. The quantitative estimate of drug-likeness (QED) is 0.562. The molecule has 0 saturated heterocycles. The van der Waals surface area contributed by atoms with E-state index in [9.17, 15) is 13.6 Å². The zero-order valence-electron chi connectivity index (χ0n) is 10.6. The first-order valence-electron chi connectivity index (χ1n) is 6.18. The maximum atomic E-state index is 12.0. The summed E-state index contributed by atoms with van der Waals surface area (Å²) >= 11 is 1.29. The SMILES string of the molecule is CCCCC(SCCC(F)F)C(=O)OCCC. The number of unbranched alkanes of at least 4 members (excludes halogenated alkanes) is 1. The number of carbonyl (C=O) groups excluding carboxylic acids is 1. The average Bonchev–Trinajstić information content (AvgIpc) is 2.30. The van der Waals surface area contributed by atoms with Crippen LogP contribution < -0.4 is 0 Å². The fraction of sp³-hybridized carbons (Fsp3) is 0.917. The summed E-state index contributed by atoms with van der Waals surface area (Å²) in [6.45, 7) is 4.38. The average molecular weight is 268 g/mol. The Morgan fingerprint density at radius 1 is 1.24 bits per heavy atom. The van der Waals surface area contributed by atoms with Crippen LogP contribution in [0.1, 0.15) is 46.0 Å². The summed E-state index contributed by atoms with van der Waals surface area (Å²) in [5.41, 5.74) is 0. The number of ether oxygens (including phenoxy) is 1. The third kappa shape index (κ3) is 9.39. The van der Waals surface area contributed by atoms with Gasteiger partial charge in [-0.2, -0.15) is 0 Å². The Bertz CT molecular complexity index is 201. The summed E-state index contributed by atoms with van der Waals surface area (Å²) in [6.07, 6.45) is 0.969. The second-order valence-electron chi connectivity index (χ2n) is 3.85. The van der Waals surface area contributed by atoms with Gasteiger partial charge in [0.05, 0.1) is 6.61 Å². The van der Waals surface area contributed by atoms with Crippen molar-refractivity contribution in [1.29, 1.82) is 0 Å². The number of alkyl halides is 2. The number of halogens is 2. The monoisotopic (exact) mass is 268 g/mol. The zero-order valence-corrected chi connectivity index (χ0v) is 11.4. The van der Waals surface area contributed by atoms with Gasteiger partial charge >= 0.3 is 5.97 Å². The van der Waals surface area contributed by atoms with Gasteiger partial charge in [-0.05, 0) is 18.6 Å². The Hall–Kier alpha value is -0.320. The van der Waals surface area contributed by atoms with E-state index in [4.69, 9.17) is 4.74 Å². The minimum Gasteiger partial charge on any atom is -0.465 e. The summed E-state index contributed by atoms with van der Waals surface area (Å²) in [5, 5.41) is -0.278. The molecule has 17 heavy (non-hydrogen) atoms. The minimum absolute atomic E-state index is 0.158. The second kappa shape index (κ2) is 10.8. The number of thioether (sulfide) groups is 1. The van der Waals surface area contributed by atoms with Crippen molar-refractivity contribution >= 4 is 17.7 Å². The van der Waals surface area contributed by atoms with Gasteiger partial charge in [0.25, 0.3) is 0 Å². The van der Waals surface area contributed by atoms with Crippen LogP contribution in [0.4, 0.5) is 8.78 Å². The Kier molecular flexibility index (Phi) is 10.6. The van der Waals surface area contributed by atoms with E-state index in [-0.39, 0.29) is 17.6 Å². The number of rotatable bonds is 10. The number of hydrogen-bond donors (Lipinski definition) is 0. The molecule has 0 aliphatic rings. The van der Waals surface area contributed by atoms with Crippen LogP contribution in [0.25, 0.3) is 0 Å². The Morgan fingerprint density at radius 2 is 1.94 bits per heavy atom. The number of hydrogen-bond acceptors (Lipinski definition) is 3. The molecule has 0 aromatic rings. The third-order valence-electron chi connectivity index (χ3n) is 2.19. The molecule has 0 fully saturated rings. The van der Waals surface area contributed by atoms with Crippen LogP contribution in [0, 0.1) is 0 Å². The molecule has 0 aliphatic heterocycles. The van der Waals surface area contributed by atoms with Crippen LogP contribution in [-0.2, 0) is 9.53 Å². The van der Waals surface area contributed by atoms with Crippen LogP contribution >= 0.6 is 11.8 Å². The van der Waals surface area contributed by atoms with E-state index in [1.54, 1.807) is 0 Å². The highest BCUT2D eigenvalue weighted by atomic mass is 32.2. The van der Waals surface area contributed by atoms with Crippen LogP contribution in [0.15, 0.2) is 0 Å². The summed E-state index contributed by atoms with van der Waals surface area (Å²) in [4.78, 5) is 11.7. The van der Waals surface area contributed by atoms with Crippen LogP contribution in [0.5, 0.6) is 0 Å². The van der Waals surface area contributed by atoms with Gasteiger partial charge in [0, 0.05) is 6.42 Å². The normalized spacial score (nSPS) is 12.8. The summed E-state index contributed by atoms with van der Waals surface area (Å²) in [5.74, 6) is 0.0624. The van der Waals surface area contributed by atoms with Crippen molar-refractivity contribution in [2.24, 2.45) is 0 Å². The molecule has 0 rings (SSSR count). The summed E-state index contributed by atoms with van der Waals surface area (Å²) in [7, 11) is 0. The van der Waals surface area contributed by atoms with E-state index >= 15 is 0 Å². The smallest absolute Gasteiger partial charge is 0.319 e. The van der Waals surface area contributed by atoms with Gasteiger partial charge in [-0.3, -0.25) is 4.79 Å². The van der Waals surface area contributed by atoms with Crippen molar-refractivity contribution < 1.29 is 18.3 Å². The lowest BCUT2D eigenvalue weighted by Crippen LogP contribution is -2.21. The molecule has 1 unspecified atom stereocenters. The highest BCUT2D eigenvalue weighted by molar-refractivity contribution is 8.00. The summed E-state index contributed by atoms with van der Waals surface area (Å²) < 4.78 is 29.1. The highest BCUT2D eigenvalue weighted by Gasteiger charge is 2.20. The Morgan fingerprint density at radius 3 is 2.47 bits per heavy atom. The lowest BCUT2D eigenvalue weighted by atomic mass is 10.2. The second-order valence-corrected chi connectivity index (χ2v) is 5.16. The van der Waals surface area contributed by atoms with Crippen LogP contribution in [-0.4, -0.2) is 30.0 Å². The van der Waals surface area contributed by atoms with E-state index in [0.29, 0.717) is 18.8 Å². The first-order chi connectivity index (χ1) is 8.11. The van der Waals surface area contributed by atoms with Crippen molar-refractivity contribution in [3.8, 4) is 0 Å². The van der Waals surface area contributed by atoms with Gasteiger partial charge in [0.1, 0.15) is 5.25 Å². The molecule has 0 bridgehead atoms. The Balaban J connectivity index is 3.98. The molecule has 0 heterocycles. The van der Waals surface area contributed by atoms with Crippen molar-refractivity contribution in [3.63, 3.8) is 0 Å². The lowest BCUT2D eigenvalue weighted by Gasteiger charge is -2.15. The van der Waals surface area contributed by atoms with Crippen LogP contribution in [0.2, 0.25) is 0 Å². The predicted molar refractivity (Wildman–Crippen MR) is 67.6 cm³/mol. The minimum atomic E-state index is -2.29. The largest absolute Gasteiger partial charge is 0.465 e. The van der Waals surface area contributed by atoms with Crippen molar-refractivity contribution in [2.45, 2.75) is 57.6 Å². The van der Waals surface area contributed by atoms with E-state index in [0.717, 1.165) is 19.3 Å². The molecule has 102 valence electrons. The molecule has 0 radical (unpaired) electrons. The maximum Gasteiger partial charge on any atom is 0.319 e. The Labute approximate surface area is 106 Å². The van der Waals surface area contributed by atoms with E-state index in [2.05, 4.69) is 0 Å². The molecule has 0 amide bonds. The maximum absolute atomic E-state index is 12.0. The number of esters is 1. The van der Waals surface area contributed by atoms with Gasteiger partial charge in [-0.1, -0.05) is 26.7 Å². The molecule has 0 aromatic heterocycles. The van der Waals surface area contributed by atoms with E-state index < -0.39 is 6.43 Å². The standard InChI is InChI=1S/C12H22F2O2S/c1-3-5-6-10(12(15)16-8-4-2)17-9-7-11(13)14/h10-11H,3-9H2,1-2H3. The number of carbonyl (C=O) groups is 1. The lowest BCUT2D eigenvalue weighted by molar-refractivity contribution is -0.143. The molecule has 0 aromatic carbocycles. The fourth-order valence-corrected chi connectivity index (χ4v) is 2.39. The highest BCUT2D eigenvalue weighted by Crippen LogP contribution is 2.21. The molecular formula is C12H22F2O2S. The van der Waals surface area contributed by atoms with Crippen molar-refractivity contribution in [3.05, 3.63) is 0 Å². The molecular weight excluding hydrogens is 246 g/mol. The summed E-state index contributed by atoms with van der Waals surface area (Å²) in [6, 6.07) is 0. The molecule has 0 saturated carbocycles. The van der Waals surface area contributed by atoms with Crippen molar-refractivity contribution in [2.75, 3.05) is 12.4 Å². The van der Waals surface area contributed by atoms with E-state index in [1.165, 1.54) is 11.8 Å². The molecule has 0 aliphatic carbocycles. The first-order valence-corrected chi connectivity index (χ1v) is 7.23. The molecule has 1 atom stereocenters.